The largest absolute Gasteiger partial charge is 0.462 e. The van der Waals surface area contributed by atoms with E-state index in [9.17, 15) is 14.4 Å². The first-order chi connectivity index (χ1) is 11.5. The van der Waals surface area contributed by atoms with Gasteiger partial charge in [-0.2, -0.15) is 0 Å². The van der Waals surface area contributed by atoms with Gasteiger partial charge in [-0.15, -0.1) is 0 Å². The summed E-state index contributed by atoms with van der Waals surface area (Å²) in [5.41, 5.74) is 0.252. The Balaban J connectivity index is 1.42. The van der Waals surface area contributed by atoms with Crippen LogP contribution in [0.5, 0.6) is 0 Å². The van der Waals surface area contributed by atoms with Crippen LogP contribution < -0.4 is 0 Å². The number of hydrogen-bond acceptors (Lipinski definition) is 5. The molecule has 0 amide bonds. The number of benzene rings is 1. The van der Waals surface area contributed by atoms with Crippen molar-refractivity contribution in [2.24, 2.45) is 23.7 Å². The summed E-state index contributed by atoms with van der Waals surface area (Å²) in [6.45, 7) is -0.404. The van der Waals surface area contributed by atoms with Crippen LogP contribution in [0.1, 0.15) is 23.2 Å². The normalized spacial score (nSPS) is 32.8. The van der Waals surface area contributed by atoms with E-state index in [1.807, 2.05) is 0 Å². The molecule has 3 aliphatic rings. The van der Waals surface area contributed by atoms with Crippen LogP contribution in [0.2, 0.25) is 10.0 Å². The van der Waals surface area contributed by atoms with Crippen LogP contribution in [0, 0.1) is 23.7 Å². The first-order valence-electron chi connectivity index (χ1n) is 7.81. The second-order valence-corrected chi connectivity index (χ2v) is 7.42. The maximum absolute atomic E-state index is 12.4. The van der Waals surface area contributed by atoms with E-state index >= 15 is 0 Å². The molecule has 24 heavy (non-hydrogen) atoms. The van der Waals surface area contributed by atoms with Crippen molar-refractivity contribution in [3.8, 4) is 0 Å². The van der Waals surface area contributed by atoms with E-state index in [0.29, 0.717) is 11.4 Å². The van der Waals surface area contributed by atoms with Crippen molar-refractivity contribution in [2.75, 3.05) is 6.61 Å². The molecule has 4 rings (SSSR count). The molecule has 1 aromatic carbocycles. The molecule has 2 bridgehead atoms. The molecule has 5 nitrogen and oxygen atoms in total. The first-order valence-corrected chi connectivity index (χ1v) is 8.56. The van der Waals surface area contributed by atoms with Crippen molar-refractivity contribution < 1.29 is 23.9 Å². The highest BCUT2D eigenvalue weighted by atomic mass is 35.5. The molecule has 1 aromatic rings. The van der Waals surface area contributed by atoms with E-state index in [1.165, 1.54) is 12.1 Å². The lowest BCUT2D eigenvalue weighted by Crippen LogP contribution is -2.34. The third kappa shape index (κ3) is 2.42. The molecule has 0 aromatic heterocycles. The molecular weight excluding hydrogens is 355 g/mol. The van der Waals surface area contributed by atoms with Crippen molar-refractivity contribution in [3.63, 3.8) is 0 Å². The third-order valence-corrected chi connectivity index (χ3v) is 5.88. The van der Waals surface area contributed by atoms with Crippen LogP contribution >= 0.6 is 23.2 Å². The molecule has 0 radical (unpaired) electrons. The second kappa shape index (κ2) is 5.74. The molecule has 1 heterocycles. The summed E-state index contributed by atoms with van der Waals surface area (Å²) in [6.07, 6.45) is 1.49. The number of fused-ring (bicyclic) bond motifs is 1. The molecule has 1 aliphatic heterocycles. The molecule has 7 heteroatoms. The van der Waals surface area contributed by atoms with Gasteiger partial charge in [0.15, 0.2) is 6.61 Å². The molecule has 1 saturated heterocycles. The van der Waals surface area contributed by atoms with Crippen LogP contribution in [-0.2, 0) is 19.1 Å². The molecule has 2 aliphatic carbocycles. The number of esters is 2. The number of carbonyl (C=O) groups is 3. The molecule has 2 saturated carbocycles. The third-order valence-electron chi connectivity index (χ3n) is 5.33. The van der Waals surface area contributed by atoms with Gasteiger partial charge in [0, 0.05) is 16.5 Å². The fraction of sp³-hybridized carbons (Fsp3) is 0.471. The summed E-state index contributed by atoms with van der Waals surface area (Å²) in [6, 6.07) is 4.51. The number of ether oxygens (including phenoxy) is 2. The van der Waals surface area contributed by atoms with Gasteiger partial charge in [-0.3, -0.25) is 14.4 Å². The van der Waals surface area contributed by atoms with E-state index in [1.54, 1.807) is 6.07 Å². The van der Waals surface area contributed by atoms with Gasteiger partial charge < -0.3 is 9.47 Å². The Morgan fingerprint density at radius 2 is 2.04 bits per heavy atom. The molecule has 0 unspecified atom stereocenters. The van der Waals surface area contributed by atoms with Gasteiger partial charge in [-0.25, -0.2) is 0 Å². The summed E-state index contributed by atoms with van der Waals surface area (Å²) < 4.78 is 10.5. The zero-order valence-electron chi connectivity index (χ0n) is 12.5. The Morgan fingerprint density at radius 3 is 2.79 bits per heavy atom. The summed E-state index contributed by atoms with van der Waals surface area (Å²) in [4.78, 5) is 36.5. The minimum Gasteiger partial charge on any atom is -0.462 e. The molecule has 0 N–H and O–H groups in total. The van der Waals surface area contributed by atoms with E-state index in [-0.39, 0.29) is 34.5 Å². The summed E-state index contributed by atoms with van der Waals surface area (Å²) in [7, 11) is 0. The van der Waals surface area contributed by atoms with Crippen molar-refractivity contribution in [2.45, 2.75) is 18.9 Å². The summed E-state index contributed by atoms with van der Waals surface area (Å²) >= 11 is 11.8. The number of hydrogen-bond donors (Lipinski definition) is 0. The van der Waals surface area contributed by atoms with Crippen molar-refractivity contribution in [3.05, 3.63) is 33.8 Å². The zero-order valence-corrected chi connectivity index (χ0v) is 14.0. The fourth-order valence-corrected chi connectivity index (χ4v) is 4.87. The van der Waals surface area contributed by atoms with E-state index < -0.39 is 30.2 Å². The van der Waals surface area contributed by atoms with Crippen molar-refractivity contribution >= 4 is 40.9 Å². The monoisotopic (exact) mass is 368 g/mol. The van der Waals surface area contributed by atoms with Gasteiger partial charge in [-0.05, 0) is 37.0 Å². The molecular formula is C17H14Cl2O5. The number of rotatable bonds is 4. The fourth-order valence-electron chi connectivity index (χ4n) is 4.35. The van der Waals surface area contributed by atoms with Crippen molar-refractivity contribution in [1.29, 1.82) is 0 Å². The predicted octanol–water partition coefficient (Wildman–Crippen LogP) is 2.92. The van der Waals surface area contributed by atoms with Crippen LogP contribution in [-0.4, -0.2) is 30.4 Å². The Labute approximate surface area is 148 Å². The lowest BCUT2D eigenvalue weighted by molar-refractivity contribution is -0.154. The SMILES string of the molecule is O=C(COC(=O)[C@@H]1[C@@H]2C[C@@H]3[C@@H]1C(=O)O[C@@H]3C2)c1ccc(Cl)cc1Cl. The Morgan fingerprint density at radius 1 is 1.25 bits per heavy atom. The van der Waals surface area contributed by atoms with Gasteiger partial charge in [-0.1, -0.05) is 23.2 Å². The quantitative estimate of drug-likeness (QED) is 0.603. The smallest absolute Gasteiger partial charge is 0.310 e. The lowest BCUT2D eigenvalue weighted by Gasteiger charge is -2.22. The van der Waals surface area contributed by atoms with Crippen molar-refractivity contribution in [1.82, 2.24) is 0 Å². The van der Waals surface area contributed by atoms with Crippen LogP contribution in [0.25, 0.3) is 0 Å². The number of carbonyl (C=O) groups excluding carboxylic acids is 3. The molecule has 5 atom stereocenters. The van der Waals surface area contributed by atoms with Crippen LogP contribution in [0.3, 0.4) is 0 Å². The standard InChI is InChI=1S/C17H14Cl2O5/c18-8-1-2-9(11(19)5-8)12(20)6-23-16(21)14-7-3-10-13(4-7)24-17(22)15(10)14/h1-2,5,7,10,13-15H,3-4,6H2/t7-,10+,13-,14-,15+/m1/s1. The maximum atomic E-state index is 12.4. The van der Waals surface area contributed by atoms with Gasteiger partial charge in [0.2, 0.25) is 5.78 Å². The van der Waals surface area contributed by atoms with Crippen LogP contribution in [0.15, 0.2) is 18.2 Å². The minimum absolute atomic E-state index is 0.0361. The van der Waals surface area contributed by atoms with E-state index in [4.69, 9.17) is 32.7 Å². The van der Waals surface area contributed by atoms with Gasteiger partial charge in [0.1, 0.15) is 6.10 Å². The number of ketones is 1. The average Bonchev–Trinajstić information content (AvgIpc) is 3.14. The summed E-state index contributed by atoms with van der Waals surface area (Å²) in [5, 5.41) is 0.635. The Bertz CT molecular complexity index is 744. The first kappa shape index (κ1) is 15.9. The zero-order chi connectivity index (χ0) is 17.0. The van der Waals surface area contributed by atoms with Gasteiger partial charge >= 0.3 is 11.9 Å². The van der Waals surface area contributed by atoms with E-state index in [2.05, 4.69) is 0 Å². The molecule has 3 fully saturated rings. The lowest BCUT2D eigenvalue weighted by atomic mass is 9.80. The maximum Gasteiger partial charge on any atom is 0.310 e. The average molecular weight is 369 g/mol. The highest BCUT2D eigenvalue weighted by molar-refractivity contribution is 6.36. The summed E-state index contributed by atoms with van der Waals surface area (Å²) in [5.74, 6) is -1.87. The van der Waals surface area contributed by atoms with Crippen LogP contribution in [0.4, 0.5) is 0 Å². The number of Topliss-reactive ketones (excluding diaryl/α,β-unsaturated/α-hetero) is 1. The number of halogens is 2. The van der Waals surface area contributed by atoms with E-state index in [0.717, 1.165) is 6.42 Å². The minimum atomic E-state index is -0.497. The molecule has 126 valence electrons. The Kier molecular flexibility index (Phi) is 3.81. The second-order valence-electron chi connectivity index (χ2n) is 6.58. The predicted molar refractivity (Wildman–Crippen MR) is 84.8 cm³/mol. The van der Waals surface area contributed by atoms with Gasteiger partial charge in [0.05, 0.1) is 16.9 Å². The molecule has 0 spiro atoms. The Hall–Kier alpha value is -1.59. The highest BCUT2D eigenvalue weighted by Gasteiger charge is 2.64. The topological polar surface area (TPSA) is 69.7 Å². The highest BCUT2D eigenvalue weighted by Crippen LogP contribution is 2.57. The van der Waals surface area contributed by atoms with Gasteiger partial charge in [0.25, 0.3) is 0 Å².